The van der Waals surface area contributed by atoms with Gasteiger partial charge in [0.2, 0.25) is 0 Å². The molecule has 2 fully saturated rings. The topological polar surface area (TPSA) is 71.9 Å². The summed E-state index contributed by atoms with van der Waals surface area (Å²) in [5, 5.41) is 7.12. The number of carbonyl (C=O) groups is 1. The lowest BCUT2D eigenvalue weighted by Crippen LogP contribution is -2.41. The number of hydrogen-bond acceptors (Lipinski definition) is 5. The number of nitrogens with zero attached hydrogens (tertiary/aromatic N) is 2. The molecule has 2 aliphatic rings. The van der Waals surface area contributed by atoms with Crippen molar-refractivity contribution in [3.05, 3.63) is 42.7 Å². The molecule has 0 spiro atoms. The van der Waals surface area contributed by atoms with E-state index in [4.69, 9.17) is 19.4 Å². The molecule has 1 aromatic rings. The van der Waals surface area contributed by atoms with E-state index in [2.05, 4.69) is 22.5 Å². The fourth-order valence-electron chi connectivity index (χ4n) is 3.22. The average Bonchev–Trinajstić information content (AvgIpc) is 2.98. The zero-order chi connectivity index (χ0) is 19.9. The quantitative estimate of drug-likeness (QED) is 0.782. The minimum absolute atomic E-state index is 0.155. The molecule has 3 heterocycles. The number of carboxylic acids is 1. The molecule has 0 aliphatic carbocycles. The number of aliphatic carboxylic acids is 1. The highest BCUT2D eigenvalue weighted by Crippen LogP contribution is 2.31. The molecule has 0 unspecified atom stereocenters. The number of fused-ring (bicyclic) bond motifs is 1. The van der Waals surface area contributed by atoms with Crippen LogP contribution in [0.3, 0.4) is 0 Å². The predicted molar refractivity (Wildman–Crippen MR) is 91.0 cm³/mol. The Hall–Kier alpha value is -1.97. The fourth-order valence-corrected chi connectivity index (χ4v) is 3.22. The number of alkyl halides is 3. The van der Waals surface area contributed by atoms with Crippen LogP contribution in [0.15, 0.2) is 37.1 Å². The van der Waals surface area contributed by atoms with Gasteiger partial charge in [0.15, 0.2) is 0 Å². The van der Waals surface area contributed by atoms with E-state index in [1.54, 1.807) is 6.08 Å². The number of rotatable bonds is 5. The van der Waals surface area contributed by atoms with Crippen molar-refractivity contribution in [2.24, 2.45) is 0 Å². The van der Waals surface area contributed by atoms with Crippen LogP contribution in [0.2, 0.25) is 0 Å². The van der Waals surface area contributed by atoms with Crippen molar-refractivity contribution in [3.63, 3.8) is 0 Å². The molecule has 0 bridgehead atoms. The second kappa shape index (κ2) is 9.82. The molecule has 6 nitrogen and oxygen atoms in total. The largest absolute Gasteiger partial charge is 0.490 e. The Labute approximate surface area is 155 Å². The molecule has 0 aromatic carbocycles. The van der Waals surface area contributed by atoms with Crippen molar-refractivity contribution < 1.29 is 32.5 Å². The smallest absolute Gasteiger partial charge is 0.475 e. The van der Waals surface area contributed by atoms with Crippen LogP contribution in [0.5, 0.6) is 0 Å². The van der Waals surface area contributed by atoms with Crippen LogP contribution < -0.4 is 0 Å². The third kappa shape index (κ3) is 6.30. The molecule has 9 heteroatoms. The molecule has 3 rings (SSSR count). The van der Waals surface area contributed by atoms with Gasteiger partial charge in [-0.3, -0.25) is 9.88 Å². The van der Waals surface area contributed by atoms with Crippen molar-refractivity contribution in [3.8, 4) is 0 Å². The lowest BCUT2D eigenvalue weighted by Gasteiger charge is -2.32. The lowest BCUT2D eigenvalue weighted by molar-refractivity contribution is -0.192. The van der Waals surface area contributed by atoms with Gasteiger partial charge in [-0.05, 0) is 25.0 Å². The number of hydrogen-bond donors (Lipinski definition) is 1. The zero-order valence-electron chi connectivity index (χ0n) is 14.8. The van der Waals surface area contributed by atoms with Gasteiger partial charge < -0.3 is 14.6 Å². The first-order valence-electron chi connectivity index (χ1n) is 8.61. The normalized spacial score (nSPS) is 25.2. The fraction of sp³-hybridized carbons (Fsp3) is 0.556. The van der Waals surface area contributed by atoms with Gasteiger partial charge in [-0.25, -0.2) is 4.79 Å². The van der Waals surface area contributed by atoms with E-state index < -0.39 is 12.1 Å². The van der Waals surface area contributed by atoms with Crippen LogP contribution in [-0.4, -0.2) is 65.1 Å². The maximum Gasteiger partial charge on any atom is 0.490 e. The Kier molecular flexibility index (Phi) is 7.76. The maximum atomic E-state index is 10.6. The second-order valence-corrected chi connectivity index (χ2v) is 6.26. The minimum atomic E-state index is -5.08. The van der Waals surface area contributed by atoms with Crippen molar-refractivity contribution in [2.45, 2.75) is 43.8 Å². The minimum Gasteiger partial charge on any atom is -0.475 e. The number of halogens is 3. The van der Waals surface area contributed by atoms with Crippen LogP contribution >= 0.6 is 0 Å². The standard InChI is InChI=1S/C16H22N2O2.C2HF3O2/c1-2-9-19-15-12-18(11-13-6-3-4-8-17-13)14-7-5-10-20-16(14)15;3-2(4,5)1(6)7/h2-4,6,8,14-16H,1,5,7,9-12H2;(H,6,7)/t14-,15+,16+;/m1./s1. The Morgan fingerprint density at radius 3 is 2.81 bits per heavy atom. The summed E-state index contributed by atoms with van der Waals surface area (Å²) in [7, 11) is 0. The Morgan fingerprint density at radius 1 is 1.48 bits per heavy atom. The molecule has 27 heavy (non-hydrogen) atoms. The van der Waals surface area contributed by atoms with Gasteiger partial charge in [0, 0.05) is 31.9 Å². The molecule has 150 valence electrons. The third-order valence-corrected chi connectivity index (χ3v) is 4.35. The van der Waals surface area contributed by atoms with Crippen LogP contribution in [0.1, 0.15) is 18.5 Å². The average molecular weight is 388 g/mol. The van der Waals surface area contributed by atoms with E-state index in [-0.39, 0.29) is 12.2 Å². The van der Waals surface area contributed by atoms with Crippen molar-refractivity contribution >= 4 is 5.97 Å². The first-order valence-corrected chi connectivity index (χ1v) is 8.61. The SMILES string of the molecule is C=CCO[C@H]1CN(Cc2ccccn2)[C@@H]2CCCO[C@H]12.O=C(O)C(F)(F)F. The highest BCUT2D eigenvalue weighted by molar-refractivity contribution is 5.73. The summed E-state index contributed by atoms with van der Waals surface area (Å²) in [6, 6.07) is 6.53. The molecular weight excluding hydrogens is 365 g/mol. The van der Waals surface area contributed by atoms with Crippen LogP contribution in [-0.2, 0) is 20.8 Å². The summed E-state index contributed by atoms with van der Waals surface area (Å²) >= 11 is 0. The van der Waals surface area contributed by atoms with Gasteiger partial charge in [0.25, 0.3) is 0 Å². The highest BCUT2D eigenvalue weighted by atomic mass is 19.4. The van der Waals surface area contributed by atoms with Gasteiger partial charge in [0.1, 0.15) is 6.10 Å². The molecule has 2 saturated heterocycles. The van der Waals surface area contributed by atoms with E-state index >= 15 is 0 Å². The van der Waals surface area contributed by atoms with Crippen molar-refractivity contribution in [2.75, 3.05) is 19.8 Å². The van der Waals surface area contributed by atoms with E-state index in [1.807, 2.05) is 18.3 Å². The maximum absolute atomic E-state index is 10.6. The summed E-state index contributed by atoms with van der Waals surface area (Å²) < 4.78 is 43.6. The zero-order valence-corrected chi connectivity index (χ0v) is 14.8. The highest BCUT2D eigenvalue weighted by Gasteiger charge is 2.44. The van der Waals surface area contributed by atoms with E-state index in [9.17, 15) is 13.2 Å². The first kappa shape index (κ1) is 21.3. The Balaban J connectivity index is 0.000000321. The molecule has 2 aliphatic heterocycles. The third-order valence-electron chi connectivity index (χ3n) is 4.35. The summed E-state index contributed by atoms with van der Waals surface area (Å²) in [5.41, 5.74) is 1.11. The number of likely N-dealkylation sites (tertiary alicyclic amines) is 1. The molecular formula is C18H23F3N2O4. The lowest BCUT2D eigenvalue weighted by atomic mass is 10.0. The number of carboxylic acid groups (broad SMARTS) is 1. The first-order chi connectivity index (χ1) is 12.8. The van der Waals surface area contributed by atoms with Gasteiger partial charge in [0.05, 0.1) is 18.4 Å². The number of ether oxygens (including phenoxy) is 2. The summed E-state index contributed by atoms with van der Waals surface area (Å²) in [6.45, 7) is 6.96. The van der Waals surface area contributed by atoms with E-state index in [0.717, 1.165) is 31.8 Å². The second-order valence-electron chi connectivity index (χ2n) is 6.26. The molecule has 1 aromatic heterocycles. The predicted octanol–water partition coefficient (Wildman–Crippen LogP) is 2.65. The summed E-state index contributed by atoms with van der Waals surface area (Å²) in [5.74, 6) is -2.76. The van der Waals surface area contributed by atoms with E-state index in [0.29, 0.717) is 12.6 Å². The summed E-state index contributed by atoms with van der Waals surface area (Å²) in [6.07, 6.45) is 1.25. The molecule has 1 N–H and O–H groups in total. The van der Waals surface area contributed by atoms with E-state index in [1.165, 1.54) is 6.42 Å². The van der Waals surface area contributed by atoms with Crippen LogP contribution in [0, 0.1) is 0 Å². The molecule has 0 radical (unpaired) electrons. The van der Waals surface area contributed by atoms with Crippen LogP contribution in [0.25, 0.3) is 0 Å². The molecule has 3 atom stereocenters. The van der Waals surface area contributed by atoms with Gasteiger partial charge >= 0.3 is 12.1 Å². The Bertz CT molecular complexity index is 612. The Morgan fingerprint density at radius 2 is 2.22 bits per heavy atom. The van der Waals surface area contributed by atoms with Crippen LogP contribution in [0.4, 0.5) is 13.2 Å². The molecule has 0 amide bonds. The van der Waals surface area contributed by atoms with Gasteiger partial charge in [-0.15, -0.1) is 6.58 Å². The van der Waals surface area contributed by atoms with Crippen molar-refractivity contribution in [1.82, 2.24) is 9.88 Å². The molecule has 0 saturated carbocycles. The monoisotopic (exact) mass is 388 g/mol. The number of aromatic nitrogens is 1. The van der Waals surface area contributed by atoms with Crippen molar-refractivity contribution in [1.29, 1.82) is 0 Å². The van der Waals surface area contributed by atoms with Gasteiger partial charge in [-0.1, -0.05) is 12.1 Å². The summed E-state index contributed by atoms with van der Waals surface area (Å²) in [4.78, 5) is 15.8. The van der Waals surface area contributed by atoms with Gasteiger partial charge in [-0.2, -0.15) is 13.2 Å². The number of pyridine rings is 1.